The lowest BCUT2D eigenvalue weighted by molar-refractivity contribution is -0.0174. The lowest BCUT2D eigenvalue weighted by Crippen LogP contribution is -2.32. The fourth-order valence-electron chi connectivity index (χ4n) is 2.82. The van der Waals surface area contributed by atoms with Gasteiger partial charge in [0.25, 0.3) is 0 Å². The molecule has 6 atom stereocenters. The van der Waals surface area contributed by atoms with Gasteiger partial charge >= 0.3 is 14.3 Å². The molecule has 2 radical (unpaired) electrons. The van der Waals surface area contributed by atoms with Crippen molar-refractivity contribution in [1.82, 2.24) is 0 Å². The molecule has 1 aliphatic carbocycles. The van der Waals surface area contributed by atoms with Crippen molar-refractivity contribution in [3.63, 3.8) is 0 Å². The van der Waals surface area contributed by atoms with Gasteiger partial charge < -0.3 is 28.1 Å². The fraction of sp³-hybridized carbons (Fsp3) is 1.00. The van der Waals surface area contributed by atoms with Crippen molar-refractivity contribution in [1.29, 1.82) is 0 Å². The van der Waals surface area contributed by atoms with Crippen molar-refractivity contribution in [2.45, 2.75) is 57.2 Å². The predicted octanol–water partition coefficient (Wildman–Crippen LogP) is 2.62. The highest BCUT2D eigenvalue weighted by molar-refractivity contribution is 8.07. The number of ether oxygens (including phenoxy) is 1. The Kier molecular flexibility index (Phi) is 8.15. The highest BCUT2D eigenvalue weighted by Gasteiger charge is 2.45. The molecule has 0 spiro atoms. The van der Waals surface area contributed by atoms with Crippen LogP contribution in [-0.4, -0.2) is 55.8 Å². The van der Waals surface area contributed by atoms with E-state index in [0.29, 0.717) is 12.8 Å². The summed E-state index contributed by atoms with van der Waals surface area (Å²) in [6.07, 6.45) is -0.173. The van der Waals surface area contributed by atoms with Gasteiger partial charge in [0.2, 0.25) is 0 Å². The van der Waals surface area contributed by atoms with E-state index < -0.39 is 37.9 Å². The van der Waals surface area contributed by atoms with Crippen LogP contribution in [0.5, 0.6) is 0 Å². The molecule has 1 aliphatic rings. The highest BCUT2D eigenvalue weighted by atomic mass is 32.5. The zero-order valence-corrected chi connectivity index (χ0v) is 17.4. The molecule has 0 heterocycles. The van der Waals surface area contributed by atoms with Crippen molar-refractivity contribution in [2.24, 2.45) is 5.92 Å². The van der Waals surface area contributed by atoms with Gasteiger partial charge in [0.05, 0.1) is 31.8 Å². The maximum absolute atomic E-state index is 11.6. The summed E-state index contributed by atoms with van der Waals surface area (Å²) in [5, 5.41) is 0. The summed E-state index contributed by atoms with van der Waals surface area (Å²) in [4.78, 5) is 19.8. The molecule has 1 fully saturated rings. The molecule has 7 nitrogen and oxygen atoms in total. The number of hydrogen-bond acceptors (Lipinski definition) is 6. The Balaban J connectivity index is 2.78. The van der Waals surface area contributed by atoms with Gasteiger partial charge in [-0.25, -0.2) is 0 Å². The normalized spacial score (nSPS) is 33.1. The minimum atomic E-state index is -3.60. The minimum absolute atomic E-state index is 0.000751. The van der Waals surface area contributed by atoms with Gasteiger partial charge in [-0.05, 0) is 50.7 Å². The number of rotatable bonds is 8. The summed E-state index contributed by atoms with van der Waals surface area (Å²) >= 11 is 5.07. The Morgan fingerprint density at radius 3 is 2.29 bits per heavy atom. The van der Waals surface area contributed by atoms with Crippen LogP contribution in [0, 0.1) is 5.92 Å². The molecule has 2 N–H and O–H groups in total. The number of hydrogen-bond donors (Lipinski definition) is 2. The Labute approximate surface area is 150 Å². The lowest BCUT2D eigenvalue weighted by atomic mass is 9.83. The van der Waals surface area contributed by atoms with E-state index in [4.69, 9.17) is 33.4 Å². The van der Waals surface area contributed by atoms with E-state index in [9.17, 15) is 14.4 Å². The van der Waals surface area contributed by atoms with Gasteiger partial charge in [-0.2, -0.15) is 0 Å². The van der Waals surface area contributed by atoms with E-state index in [1.165, 1.54) is 14.2 Å². The van der Waals surface area contributed by atoms with Crippen LogP contribution in [0.4, 0.5) is 0 Å². The van der Waals surface area contributed by atoms with Crippen molar-refractivity contribution >= 4 is 34.0 Å². The van der Waals surface area contributed by atoms with E-state index in [0.717, 1.165) is 0 Å². The molecule has 0 amide bonds. The molecule has 24 heavy (non-hydrogen) atoms. The van der Waals surface area contributed by atoms with Crippen LogP contribution in [0.15, 0.2) is 0 Å². The summed E-state index contributed by atoms with van der Waals surface area (Å²) in [6, 6.07) is 0. The van der Waals surface area contributed by atoms with Gasteiger partial charge in [-0.1, -0.05) is 6.42 Å². The topological polar surface area (TPSA) is 94.5 Å². The predicted molar refractivity (Wildman–Crippen MR) is 96.9 cm³/mol. The molecule has 11 heteroatoms. The van der Waals surface area contributed by atoms with E-state index in [1.807, 2.05) is 0 Å². The molecule has 0 bridgehead atoms. The Morgan fingerprint density at radius 2 is 1.83 bits per heavy atom. The second-order valence-electron chi connectivity index (χ2n) is 6.93. The standard InChI is InChI=1S/C13H27BO7P2S/c1-13(2,3)21-23(17,24)20-12-10(14)8-9(11(12)18-4)6-7-22(15,16)19-5/h9-12H,6-8H2,1-5H3,(H,15,16)(H,17,24)/t9-,10?,11+,12-,23?/m0/s1. The Bertz CT molecular complexity index is 513. The van der Waals surface area contributed by atoms with Crippen molar-refractivity contribution < 1.29 is 32.7 Å². The molecule has 0 saturated heterocycles. The van der Waals surface area contributed by atoms with Gasteiger partial charge in [0.1, 0.15) is 0 Å². The average Bonchev–Trinajstić information content (AvgIpc) is 2.69. The minimum Gasteiger partial charge on any atom is -0.378 e. The third-order valence-corrected chi connectivity index (χ3v) is 6.93. The quantitative estimate of drug-likeness (QED) is 0.475. The van der Waals surface area contributed by atoms with Crippen LogP contribution in [0.1, 0.15) is 33.6 Å². The first-order valence-corrected chi connectivity index (χ1v) is 12.0. The Morgan fingerprint density at radius 1 is 1.25 bits per heavy atom. The molecule has 140 valence electrons. The molecule has 0 aromatic heterocycles. The first-order chi connectivity index (χ1) is 10.8. The molecule has 1 saturated carbocycles. The van der Waals surface area contributed by atoms with Gasteiger partial charge in [0.15, 0.2) is 0 Å². The molecule has 1 rings (SSSR count). The summed E-state index contributed by atoms with van der Waals surface area (Å²) in [6.45, 7) is 1.81. The third-order valence-electron chi connectivity index (χ3n) is 3.77. The summed E-state index contributed by atoms with van der Waals surface area (Å²) in [7, 11) is 5.23. The molecule has 3 unspecified atom stereocenters. The second-order valence-corrected chi connectivity index (χ2v) is 11.7. The maximum Gasteiger partial charge on any atom is 0.327 e. The van der Waals surface area contributed by atoms with E-state index >= 15 is 0 Å². The van der Waals surface area contributed by atoms with Crippen LogP contribution in [0.3, 0.4) is 0 Å². The van der Waals surface area contributed by atoms with Crippen LogP contribution in [0.2, 0.25) is 5.82 Å². The van der Waals surface area contributed by atoms with Crippen LogP contribution in [-0.2, 0) is 34.7 Å². The van der Waals surface area contributed by atoms with E-state index in [1.54, 1.807) is 20.8 Å². The first kappa shape index (κ1) is 22.7. The highest BCUT2D eigenvalue weighted by Crippen LogP contribution is 2.54. The van der Waals surface area contributed by atoms with Crippen molar-refractivity contribution in [2.75, 3.05) is 20.4 Å². The maximum atomic E-state index is 11.6. The fourth-order valence-corrected chi connectivity index (χ4v) is 5.95. The van der Waals surface area contributed by atoms with E-state index in [-0.39, 0.29) is 12.1 Å². The van der Waals surface area contributed by atoms with Gasteiger partial charge in [-0.3, -0.25) is 4.57 Å². The SMILES string of the molecule is [B]C1C[C@H](CCP(=O)(O)OC)[C@@H](OC)[C@H]1OP(O)(=S)OC(C)(C)C. The van der Waals surface area contributed by atoms with Crippen LogP contribution in [0.25, 0.3) is 0 Å². The average molecular weight is 400 g/mol. The molecule has 0 aliphatic heterocycles. The van der Waals surface area contributed by atoms with Gasteiger partial charge in [0, 0.05) is 14.2 Å². The zero-order valence-electron chi connectivity index (χ0n) is 14.7. The number of methoxy groups -OCH3 is 1. The van der Waals surface area contributed by atoms with Crippen molar-refractivity contribution in [3.8, 4) is 0 Å². The molecule has 0 aromatic carbocycles. The molecule has 0 aromatic rings. The van der Waals surface area contributed by atoms with E-state index in [2.05, 4.69) is 4.52 Å². The third kappa shape index (κ3) is 7.14. The molecular formula is C13H27BO7P2S. The summed E-state index contributed by atoms with van der Waals surface area (Å²) in [5.41, 5.74) is -0.656. The summed E-state index contributed by atoms with van der Waals surface area (Å²) in [5.74, 6) is -0.520. The lowest BCUT2D eigenvalue weighted by Gasteiger charge is -2.31. The second kappa shape index (κ2) is 8.60. The zero-order chi connectivity index (χ0) is 18.8. The first-order valence-electron chi connectivity index (χ1n) is 7.68. The van der Waals surface area contributed by atoms with Gasteiger partial charge in [-0.15, -0.1) is 0 Å². The largest absolute Gasteiger partial charge is 0.378 e. The summed E-state index contributed by atoms with van der Waals surface area (Å²) < 4.78 is 32.8. The monoisotopic (exact) mass is 400 g/mol. The Hall–Kier alpha value is 0.705. The van der Waals surface area contributed by atoms with Crippen LogP contribution < -0.4 is 0 Å². The van der Waals surface area contributed by atoms with Crippen molar-refractivity contribution in [3.05, 3.63) is 0 Å². The smallest absolute Gasteiger partial charge is 0.327 e. The van der Waals surface area contributed by atoms with Crippen LogP contribution >= 0.6 is 14.3 Å². The molecular weight excluding hydrogens is 373 g/mol.